The first kappa shape index (κ1) is 40.4. The second-order valence-electron chi connectivity index (χ2n) is 8.88. The molecule has 0 spiro atoms. The van der Waals surface area contributed by atoms with Crippen molar-refractivity contribution in [3.05, 3.63) is 50.9 Å². The summed E-state index contributed by atoms with van der Waals surface area (Å²) >= 11 is 7.90. The van der Waals surface area contributed by atoms with Crippen LogP contribution >= 0.6 is 22.9 Å². The van der Waals surface area contributed by atoms with Crippen LogP contribution in [0.2, 0.25) is 5.02 Å². The molecule has 0 saturated heterocycles. The predicted molar refractivity (Wildman–Crippen MR) is 186 cm³/mol. The van der Waals surface area contributed by atoms with Gasteiger partial charge in [0.25, 0.3) is 0 Å². The third kappa shape index (κ3) is 16.7. The average molecular weight is 638 g/mol. The fraction of sp³-hybridized carbons (Fsp3) is 0.562. The molecule has 2 aromatic rings. The molecule has 1 N–H and O–H groups in total. The van der Waals surface area contributed by atoms with Crippen molar-refractivity contribution < 1.29 is 19.0 Å². The molecule has 1 aliphatic heterocycles. The Labute approximate surface area is 268 Å². The summed E-state index contributed by atoms with van der Waals surface area (Å²) in [6, 6.07) is 8.02. The van der Waals surface area contributed by atoms with E-state index in [1.54, 1.807) is 0 Å². The summed E-state index contributed by atoms with van der Waals surface area (Å²) < 4.78 is 15.7. The normalized spacial score (nSPS) is 11.6. The Morgan fingerprint density at radius 2 is 1.56 bits per heavy atom. The van der Waals surface area contributed by atoms with E-state index in [4.69, 9.17) is 30.8 Å². The smallest absolute Gasteiger partial charge is 0.216 e. The molecule has 1 aromatic carbocycles. The maximum absolute atomic E-state index is 10.5. The van der Waals surface area contributed by atoms with Crippen LogP contribution in [0, 0.1) is 13.8 Å². The standard InChI is InChI=1S/C17H19ClN2S.C11H23NO4.C2H4N2.C2H6/c1-4-20-10-9-19-16(13-5-7-14(18)8-6-13)15-11(2)12(3)21-17(15)20;1-3-5-14-7-9-16-10-8-15-6-4-12-11(2)13;1-3-4-2;1-2/h5-8H,4,9-10H2,1-3H3;3-10H2,1-2H3,(H,12,13);1-2H2;1-2H3. The van der Waals surface area contributed by atoms with Crippen molar-refractivity contribution in [3.8, 4) is 0 Å². The van der Waals surface area contributed by atoms with Crippen LogP contribution in [0.5, 0.6) is 0 Å². The van der Waals surface area contributed by atoms with Crippen LogP contribution in [-0.2, 0) is 19.0 Å². The molecule has 0 radical (unpaired) electrons. The van der Waals surface area contributed by atoms with Gasteiger partial charge in [-0.15, -0.1) is 11.3 Å². The monoisotopic (exact) mass is 637 g/mol. The maximum Gasteiger partial charge on any atom is 0.216 e. The molecule has 242 valence electrons. The SMILES string of the molecule is C=NN=C.CC.CCCOCCOCCOCCNC(C)=O.CCN1CCN=C(c2ccc(Cl)cc2)c2c1sc(C)c2C. The Hall–Kier alpha value is -2.63. The number of nitrogens with zero attached hydrogens (tertiary/aromatic N) is 4. The molecular weight excluding hydrogens is 586 g/mol. The van der Waals surface area contributed by atoms with Crippen LogP contribution in [0.15, 0.2) is 39.5 Å². The number of benzene rings is 1. The number of hydrogen-bond acceptors (Lipinski definition) is 9. The third-order valence-electron chi connectivity index (χ3n) is 5.84. The second kappa shape index (κ2) is 25.8. The number of thiophene rings is 1. The summed E-state index contributed by atoms with van der Waals surface area (Å²) in [6.07, 6.45) is 1.03. The number of carbonyl (C=O) groups excluding carboxylic acids is 1. The Morgan fingerprint density at radius 3 is 2.07 bits per heavy atom. The zero-order valence-electron chi connectivity index (χ0n) is 27.2. The second-order valence-corrected chi connectivity index (χ2v) is 10.5. The van der Waals surface area contributed by atoms with Crippen molar-refractivity contribution in [2.75, 3.05) is 70.7 Å². The molecule has 43 heavy (non-hydrogen) atoms. The molecule has 2 heterocycles. The Balaban J connectivity index is 0.000000715. The molecule has 3 rings (SSSR count). The van der Waals surface area contributed by atoms with Gasteiger partial charge < -0.3 is 24.4 Å². The van der Waals surface area contributed by atoms with Gasteiger partial charge in [-0.1, -0.05) is 44.5 Å². The van der Waals surface area contributed by atoms with Crippen LogP contribution in [0.3, 0.4) is 0 Å². The number of anilines is 1. The highest BCUT2D eigenvalue weighted by Gasteiger charge is 2.24. The number of nitrogens with one attached hydrogen (secondary N) is 1. The van der Waals surface area contributed by atoms with Crippen LogP contribution in [0.4, 0.5) is 5.00 Å². The maximum atomic E-state index is 10.5. The van der Waals surface area contributed by atoms with Crippen molar-refractivity contribution in [1.29, 1.82) is 0 Å². The summed E-state index contributed by atoms with van der Waals surface area (Å²) in [5, 5.41) is 10.8. The van der Waals surface area contributed by atoms with E-state index in [2.05, 4.69) is 73.7 Å². The highest BCUT2D eigenvalue weighted by atomic mass is 35.5. The topological polar surface area (TPSA) is 97.1 Å². The van der Waals surface area contributed by atoms with Crippen LogP contribution in [0.1, 0.15) is 62.6 Å². The van der Waals surface area contributed by atoms with Gasteiger partial charge in [-0.2, -0.15) is 10.2 Å². The van der Waals surface area contributed by atoms with Gasteiger partial charge in [-0.25, -0.2) is 0 Å². The van der Waals surface area contributed by atoms with Gasteiger partial charge in [0.2, 0.25) is 5.91 Å². The molecule has 9 nitrogen and oxygen atoms in total. The molecule has 0 fully saturated rings. The van der Waals surface area contributed by atoms with E-state index in [1.807, 2.05) is 37.3 Å². The van der Waals surface area contributed by atoms with Gasteiger partial charge in [-0.3, -0.25) is 9.79 Å². The fourth-order valence-electron chi connectivity index (χ4n) is 3.70. The highest BCUT2D eigenvalue weighted by molar-refractivity contribution is 7.16. The number of halogens is 1. The van der Waals surface area contributed by atoms with E-state index in [9.17, 15) is 4.79 Å². The van der Waals surface area contributed by atoms with Gasteiger partial charge in [-0.05, 0) is 44.9 Å². The molecule has 1 aromatic heterocycles. The number of fused-ring (bicyclic) bond motifs is 1. The van der Waals surface area contributed by atoms with Gasteiger partial charge in [0.15, 0.2) is 0 Å². The quantitative estimate of drug-likeness (QED) is 0.143. The molecule has 1 aliphatic rings. The van der Waals surface area contributed by atoms with Crippen LogP contribution in [-0.4, -0.2) is 90.9 Å². The minimum atomic E-state index is -0.0343. The number of aryl methyl sites for hydroxylation is 1. The Bertz CT molecular complexity index is 1070. The van der Waals surface area contributed by atoms with E-state index in [0.717, 1.165) is 49.0 Å². The van der Waals surface area contributed by atoms with Crippen LogP contribution < -0.4 is 10.2 Å². The lowest BCUT2D eigenvalue weighted by atomic mass is 10.00. The first-order valence-corrected chi connectivity index (χ1v) is 16.0. The minimum absolute atomic E-state index is 0.0343. The van der Waals surface area contributed by atoms with Crippen molar-refractivity contribution >= 4 is 53.0 Å². The van der Waals surface area contributed by atoms with Gasteiger partial charge in [0, 0.05) is 67.6 Å². The van der Waals surface area contributed by atoms with E-state index < -0.39 is 0 Å². The molecule has 0 aliphatic carbocycles. The molecule has 0 bridgehead atoms. The molecule has 0 saturated carbocycles. The Morgan fingerprint density at radius 1 is 1.00 bits per heavy atom. The zero-order valence-corrected chi connectivity index (χ0v) is 28.8. The average Bonchev–Trinajstić information content (AvgIpc) is 3.19. The largest absolute Gasteiger partial charge is 0.379 e. The first-order valence-electron chi connectivity index (χ1n) is 14.9. The summed E-state index contributed by atoms with van der Waals surface area (Å²) in [6.45, 7) is 27.2. The number of carbonyl (C=O) groups is 1. The Kier molecular flexibility index (Phi) is 24.3. The summed E-state index contributed by atoms with van der Waals surface area (Å²) in [5.74, 6) is -0.0343. The van der Waals surface area contributed by atoms with E-state index in [1.165, 1.54) is 27.9 Å². The molecule has 0 unspecified atom stereocenters. The molecule has 11 heteroatoms. The number of ether oxygens (including phenoxy) is 3. The van der Waals surface area contributed by atoms with E-state index in [0.29, 0.717) is 39.6 Å². The van der Waals surface area contributed by atoms with Gasteiger partial charge >= 0.3 is 0 Å². The number of aliphatic imine (C=N–C) groups is 1. The number of hydrogen-bond donors (Lipinski definition) is 1. The fourth-order valence-corrected chi connectivity index (χ4v) is 5.08. The molecule has 1 amide bonds. The first-order chi connectivity index (χ1) is 20.8. The predicted octanol–water partition coefficient (Wildman–Crippen LogP) is 6.61. The van der Waals surface area contributed by atoms with Crippen LogP contribution in [0.25, 0.3) is 0 Å². The van der Waals surface area contributed by atoms with Gasteiger partial charge in [0.1, 0.15) is 5.00 Å². The lowest BCUT2D eigenvalue weighted by Gasteiger charge is -2.20. The lowest BCUT2D eigenvalue weighted by Crippen LogP contribution is -2.25. The van der Waals surface area contributed by atoms with Crippen molar-refractivity contribution in [2.24, 2.45) is 15.2 Å². The summed E-state index contributed by atoms with van der Waals surface area (Å²) in [7, 11) is 0. The van der Waals surface area contributed by atoms with Crippen molar-refractivity contribution in [2.45, 2.75) is 54.9 Å². The summed E-state index contributed by atoms with van der Waals surface area (Å²) in [4.78, 5) is 19.2. The lowest BCUT2D eigenvalue weighted by molar-refractivity contribution is -0.119. The van der Waals surface area contributed by atoms with Crippen molar-refractivity contribution in [3.63, 3.8) is 0 Å². The van der Waals surface area contributed by atoms with E-state index >= 15 is 0 Å². The summed E-state index contributed by atoms with van der Waals surface area (Å²) in [5.41, 5.74) is 4.92. The zero-order chi connectivity index (χ0) is 32.5. The van der Waals surface area contributed by atoms with E-state index in [-0.39, 0.29) is 5.91 Å². The minimum Gasteiger partial charge on any atom is -0.379 e. The van der Waals surface area contributed by atoms with Crippen molar-refractivity contribution in [1.82, 2.24) is 5.32 Å². The third-order valence-corrected chi connectivity index (χ3v) is 7.36. The molecular formula is C32H52ClN5O4S. The van der Waals surface area contributed by atoms with Gasteiger partial charge in [0.05, 0.1) is 45.3 Å². The number of rotatable bonds is 14. The highest BCUT2D eigenvalue weighted by Crippen LogP contribution is 2.38. The molecule has 0 atom stereocenters. The number of amides is 1. The number of likely N-dealkylation sites (N-methyl/N-ethyl adjacent to an activating group) is 1.